The molecule has 1 aliphatic heterocycles. The summed E-state index contributed by atoms with van der Waals surface area (Å²) in [6.45, 7) is 0. The summed E-state index contributed by atoms with van der Waals surface area (Å²) in [5.74, 6) is 0.287. The Morgan fingerprint density at radius 1 is 1.23 bits per heavy atom. The van der Waals surface area contributed by atoms with Crippen molar-refractivity contribution in [3.63, 3.8) is 0 Å². The Balaban J connectivity index is 2.48. The SMILES string of the molecule is COc1ccc2oc(=O)c3c(c2c1)C=C(C(F)(F)F)S3(=O)=O. The zero-order valence-corrected chi connectivity index (χ0v) is 11.7. The highest BCUT2D eigenvalue weighted by Crippen LogP contribution is 2.43. The summed E-state index contributed by atoms with van der Waals surface area (Å²) in [6.07, 6.45) is -4.65. The molecule has 0 saturated heterocycles. The van der Waals surface area contributed by atoms with E-state index in [4.69, 9.17) is 9.15 Å². The van der Waals surface area contributed by atoms with E-state index < -0.39 is 31.4 Å². The third-order valence-electron chi connectivity index (χ3n) is 3.22. The standard InChI is InChI=1S/C13H7F3O5S/c1-20-6-2-3-9-7(4-6)8-5-10(13(14,15)16)22(18,19)11(8)12(17)21-9/h2-5H,1H3. The molecule has 0 aliphatic carbocycles. The van der Waals surface area contributed by atoms with Crippen LogP contribution in [0.5, 0.6) is 5.75 Å². The number of rotatable bonds is 1. The fraction of sp³-hybridized carbons (Fsp3) is 0.154. The molecule has 2 heterocycles. The quantitative estimate of drug-likeness (QED) is 0.750. The highest BCUT2D eigenvalue weighted by Gasteiger charge is 2.49. The van der Waals surface area contributed by atoms with Crippen LogP contribution in [-0.4, -0.2) is 21.7 Å². The Kier molecular flexibility index (Phi) is 2.90. The summed E-state index contributed by atoms with van der Waals surface area (Å²) >= 11 is 0. The van der Waals surface area contributed by atoms with Gasteiger partial charge in [-0.3, -0.25) is 0 Å². The summed E-state index contributed by atoms with van der Waals surface area (Å²) in [5.41, 5.74) is -1.69. The van der Waals surface area contributed by atoms with Crippen molar-refractivity contribution >= 4 is 26.9 Å². The average molecular weight is 332 g/mol. The maximum Gasteiger partial charge on any atom is 0.427 e. The van der Waals surface area contributed by atoms with Gasteiger partial charge in [-0.05, 0) is 24.3 Å². The minimum absolute atomic E-state index is 0.0283. The van der Waals surface area contributed by atoms with Crippen LogP contribution in [0.15, 0.2) is 37.2 Å². The van der Waals surface area contributed by atoms with Crippen molar-refractivity contribution in [2.24, 2.45) is 0 Å². The molecule has 0 amide bonds. The number of allylic oxidation sites excluding steroid dienone is 1. The summed E-state index contributed by atoms with van der Waals surface area (Å²) < 4.78 is 72.4. The van der Waals surface area contributed by atoms with E-state index in [-0.39, 0.29) is 22.3 Å². The molecule has 0 unspecified atom stereocenters. The number of methoxy groups -OCH3 is 1. The summed E-state index contributed by atoms with van der Waals surface area (Å²) in [7, 11) is -3.62. The molecule has 1 aromatic heterocycles. The fourth-order valence-corrected chi connectivity index (χ4v) is 3.78. The highest BCUT2D eigenvalue weighted by atomic mass is 32.2. The molecule has 116 valence electrons. The molecule has 5 nitrogen and oxygen atoms in total. The van der Waals surface area contributed by atoms with Crippen LogP contribution in [0.1, 0.15) is 5.56 Å². The molecule has 2 aromatic rings. The van der Waals surface area contributed by atoms with Crippen molar-refractivity contribution in [2.75, 3.05) is 7.11 Å². The van der Waals surface area contributed by atoms with E-state index in [1.54, 1.807) is 0 Å². The predicted octanol–water partition coefficient (Wildman–Crippen LogP) is 2.49. The molecule has 0 N–H and O–H groups in total. The molecule has 0 fully saturated rings. The van der Waals surface area contributed by atoms with Gasteiger partial charge in [-0.2, -0.15) is 13.2 Å². The van der Waals surface area contributed by atoms with Gasteiger partial charge in [0.25, 0.3) is 0 Å². The van der Waals surface area contributed by atoms with Crippen LogP contribution in [0.3, 0.4) is 0 Å². The van der Waals surface area contributed by atoms with Crippen LogP contribution in [-0.2, 0) is 9.84 Å². The second kappa shape index (κ2) is 4.35. The molecular weight excluding hydrogens is 325 g/mol. The number of alkyl halides is 3. The Labute approximate surface area is 121 Å². The largest absolute Gasteiger partial charge is 0.497 e. The van der Waals surface area contributed by atoms with Gasteiger partial charge in [0, 0.05) is 10.9 Å². The second-order valence-electron chi connectivity index (χ2n) is 4.50. The molecule has 0 bridgehead atoms. The van der Waals surface area contributed by atoms with Crippen LogP contribution in [0.4, 0.5) is 13.2 Å². The number of ether oxygens (including phenoxy) is 1. The molecule has 1 aromatic carbocycles. The van der Waals surface area contributed by atoms with Crippen molar-refractivity contribution in [1.82, 2.24) is 0 Å². The van der Waals surface area contributed by atoms with E-state index in [1.807, 2.05) is 0 Å². The zero-order chi connectivity index (χ0) is 16.3. The Morgan fingerprint density at radius 2 is 1.91 bits per heavy atom. The van der Waals surface area contributed by atoms with E-state index in [2.05, 4.69) is 0 Å². The van der Waals surface area contributed by atoms with Gasteiger partial charge in [-0.25, -0.2) is 13.2 Å². The first kappa shape index (κ1) is 14.6. The van der Waals surface area contributed by atoms with Crippen molar-refractivity contribution in [3.05, 3.63) is 39.1 Å². The smallest absolute Gasteiger partial charge is 0.427 e. The van der Waals surface area contributed by atoms with E-state index in [0.29, 0.717) is 6.08 Å². The van der Waals surface area contributed by atoms with Gasteiger partial charge in [0.1, 0.15) is 11.3 Å². The molecule has 1 aliphatic rings. The first-order valence-corrected chi connectivity index (χ1v) is 7.33. The maximum absolute atomic E-state index is 12.9. The normalized spacial score (nSPS) is 16.5. The lowest BCUT2D eigenvalue weighted by atomic mass is 10.1. The Hall–Kier alpha value is -2.29. The number of hydrogen-bond donors (Lipinski definition) is 0. The van der Waals surface area contributed by atoms with Crippen molar-refractivity contribution < 1.29 is 30.7 Å². The molecule has 0 atom stereocenters. The van der Waals surface area contributed by atoms with E-state index in [1.165, 1.54) is 25.3 Å². The molecule has 3 rings (SSSR count). The lowest BCUT2D eigenvalue weighted by molar-refractivity contribution is -0.0834. The number of halogens is 3. The van der Waals surface area contributed by atoms with Crippen LogP contribution in [0, 0.1) is 0 Å². The van der Waals surface area contributed by atoms with Crippen LogP contribution in [0.25, 0.3) is 17.0 Å². The van der Waals surface area contributed by atoms with Gasteiger partial charge < -0.3 is 9.15 Å². The lowest BCUT2D eigenvalue weighted by Crippen LogP contribution is -2.21. The van der Waals surface area contributed by atoms with Crippen LogP contribution >= 0.6 is 0 Å². The first-order chi connectivity index (χ1) is 10.2. The summed E-state index contributed by atoms with van der Waals surface area (Å²) in [4.78, 5) is 9.01. The molecule has 0 spiro atoms. The van der Waals surface area contributed by atoms with Crippen molar-refractivity contribution in [1.29, 1.82) is 0 Å². The Bertz CT molecular complexity index is 983. The van der Waals surface area contributed by atoms with Crippen LogP contribution < -0.4 is 10.4 Å². The van der Waals surface area contributed by atoms with E-state index >= 15 is 0 Å². The van der Waals surface area contributed by atoms with E-state index in [0.717, 1.165) is 0 Å². The monoisotopic (exact) mass is 332 g/mol. The van der Waals surface area contributed by atoms with Gasteiger partial charge >= 0.3 is 11.8 Å². The zero-order valence-electron chi connectivity index (χ0n) is 10.9. The number of hydrogen-bond acceptors (Lipinski definition) is 5. The molecular formula is C13H7F3O5S. The fourth-order valence-electron chi connectivity index (χ4n) is 2.26. The molecule has 22 heavy (non-hydrogen) atoms. The van der Waals surface area contributed by atoms with Gasteiger partial charge in [0.15, 0.2) is 9.80 Å². The van der Waals surface area contributed by atoms with Crippen molar-refractivity contribution in [2.45, 2.75) is 11.1 Å². The van der Waals surface area contributed by atoms with Gasteiger partial charge in [-0.15, -0.1) is 0 Å². The minimum Gasteiger partial charge on any atom is -0.497 e. The van der Waals surface area contributed by atoms with E-state index in [9.17, 15) is 26.4 Å². The number of fused-ring (bicyclic) bond motifs is 3. The molecule has 9 heteroatoms. The number of sulfone groups is 1. The first-order valence-electron chi connectivity index (χ1n) is 5.85. The molecule has 0 radical (unpaired) electrons. The van der Waals surface area contributed by atoms with Gasteiger partial charge in [-0.1, -0.05) is 0 Å². The maximum atomic E-state index is 12.9. The van der Waals surface area contributed by atoms with Gasteiger partial charge in [0.2, 0.25) is 9.84 Å². The lowest BCUT2D eigenvalue weighted by Gasteiger charge is -2.06. The second-order valence-corrected chi connectivity index (χ2v) is 6.36. The Morgan fingerprint density at radius 3 is 2.50 bits per heavy atom. The topological polar surface area (TPSA) is 73.6 Å². The third-order valence-corrected chi connectivity index (χ3v) is 5.08. The van der Waals surface area contributed by atoms with Gasteiger partial charge in [0.05, 0.1) is 7.11 Å². The average Bonchev–Trinajstić information content (AvgIpc) is 2.71. The highest BCUT2D eigenvalue weighted by molar-refractivity contribution is 7.96. The van der Waals surface area contributed by atoms with Crippen molar-refractivity contribution in [3.8, 4) is 5.75 Å². The third kappa shape index (κ3) is 1.92. The minimum atomic E-state index is -5.10. The molecule has 0 saturated carbocycles. The van der Waals surface area contributed by atoms with Crippen LogP contribution in [0.2, 0.25) is 0 Å². The summed E-state index contributed by atoms with van der Waals surface area (Å²) in [5, 5.41) is 0.0526. The summed E-state index contributed by atoms with van der Waals surface area (Å²) in [6, 6.07) is 4.07. The predicted molar refractivity (Wildman–Crippen MR) is 70.3 cm³/mol. The number of benzene rings is 1.